The number of para-hydroxylation sites is 1. The van der Waals surface area contributed by atoms with Crippen LogP contribution in [0.25, 0.3) is 11.2 Å². The lowest BCUT2D eigenvalue weighted by molar-refractivity contribution is 0.247. The molecule has 160 valence electrons. The third-order valence-electron chi connectivity index (χ3n) is 4.39. The highest BCUT2D eigenvalue weighted by Gasteiger charge is 2.25. The number of benzene rings is 1. The first-order valence-electron chi connectivity index (χ1n) is 9.09. The molecule has 0 radical (unpaired) electrons. The summed E-state index contributed by atoms with van der Waals surface area (Å²) >= 11 is 0. The summed E-state index contributed by atoms with van der Waals surface area (Å²) in [6, 6.07) is 4.15. The van der Waals surface area contributed by atoms with E-state index in [1.807, 2.05) is 38.7 Å². The van der Waals surface area contributed by atoms with Crippen LogP contribution in [0.3, 0.4) is 0 Å². The predicted octanol–water partition coefficient (Wildman–Crippen LogP) is 1.54. The Morgan fingerprint density at radius 2 is 1.70 bits per heavy atom. The average molecular weight is 435 g/mol. The van der Waals surface area contributed by atoms with Gasteiger partial charge in [0.15, 0.2) is 16.9 Å². The molecule has 11 nitrogen and oxygen atoms in total. The van der Waals surface area contributed by atoms with E-state index in [9.17, 15) is 22.8 Å². The van der Waals surface area contributed by atoms with Crippen LogP contribution >= 0.6 is 0 Å². The number of fused-ring (bicyclic) bond motifs is 1. The number of nitrogens with zero attached hydrogens (tertiary/aromatic N) is 2. The van der Waals surface area contributed by atoms with Gasteiger partial charge in [0.2, 0.25) is 0 Å². The molecule has 30 heavy (non-hydrogen) atoms. The molecule has 0 saturated carbocycles. The van der Waals surface area contributed by atoms with Crippen molar-refractivity contribution in [3.05, 3.63) is 56.5 Å². The molecule has 0 unspecified atom stereocenters. The summed E-state index contributed by atoms with van der Waals surface area (Å²) in [7, 11) is -4.59. The Morgan fingerprint density at radius 3 is 2.27 bits per heavy atom. The second kappa shape index (κ2) is 7.78. The fourth-order valence-electron chi connectivity index (χ4n) is 2.95. The van der Waals surface area contributed by atoms with Crippen LogP contribution in [0.15, 0.2) is 34.1 Å². The summed E-state index contributed by atoms with van der Waals surface area (Å²) in [5.41, 5.74) is -0.816. The van der Waals surface area contributed by atoms with E-state index < -0.39 is 27.6 Å². The van der Waals surface area contributed by atoms with Gasteiger partial charge in [-0.05, 0) is 23.0 Å². The van der Waals surface area contributed by atoms with Gasteiger partial charge >= 0.3 is 22.0 Å². The maximum atomic E-state index is 12.6. The van der Waals surface area contributed by atoms with Gasteiger partial charge in [-0.25, -0.2) is 23.9 Å². The summed E-state index contributed by atoms with van der Waals surface area (Å²) in [6.07, 6.45) is 0.919. The van der Waals surface area contributed by atoms with Crippen molar-refractivity contribution in [2.75, 3.05) is 0 Å². The Morgan fingerprint density at radius 1 is 1.10 bits per heavy atom. The highest BCUT2D eigenvalue weighted by atomic mass is 32.2. The van der Waals surface area contributed by atoms with E-state index in [4.69, 9.17) is 4.18 Å². The summed E-state index contributed by atoms with van der Waals surface area (Å²) < 4.78 is 32.9. The van der Waals surface area contributed by atoms with E-state index in [2.05, 4.69) is 9.97 Å². The Bertz CT molecular complexity index is 1310. The maximum Gasteiger partial charge on any atom is 0.411 e. The van der Waals surface area contributed by atoms with Crippen molar-refractivity contribution in [3.8, 4) is 5.75 Å². The first-order valence-corrected chi connectivity index (χ1v) is 10.5. The standard InChI is InChI=1S/C18H21N5O6S/c1-9(2)11-6-5-7-12(10(3)4)14(11)29-30(27,28)22-18(26)23-8-19-13-15(23)20-17(25)21-16(13)24/h5-10H,1-4H3,(H,22,26)(H2,20,21,24,25). The van der Waals surface area contributed by atoms with Crippen LogP contribution in [0.4, 0.5) is 4.79 Å². The Balaban J connectivity index is 1.96. The zero-order valence-corrected chi connectivity index (χ0v) is 17.5. The summed E-state index contributed by atoms with van der Waals surface area (Å²) in [5.74, 6) is 0.0983. The number of carbonyl (C=O) groups is 1. The van der Waals surface area contributed by atoms with E-state index in [0.717, 1.165) is 6.33 Å². The third kappa shape index (κ3) is 4.13. The molecule has 0 aliphatic rings. The molecule has 12 heteroatoms. The van der Waals surface area contributed by atoms with Gasteiger partial charge in [-0.3, -0.25) is 14.8 Å². The predicted molar refractivity (Wildman–Crippen MR) is 109 cm³/mol. The van der Waals surface area contributed by atoms with Gasteiger partial charge < -0.3 is 4.18 Å². The first-order chi connectivity index (χ1) is 14.0. The average Bonchev–Trinajstić information content (AvgIpc) is 3.04. The lowest BCUT2D eigenvalue weighted by Gasteiger charge is -2.19. The van der Waals surface area contributed by atoms with Gasteiger partial charge in [-0.1, -0.05) is 45.9 Å². The third-order valence-corrected chi connectivity index (χ3v) is 5.20. The Hall–Kier alpha value is -3.41. The molecule has 1 amide bonds. The number of hydrogen-bond donors (Lipinski definition) is 3. The fraction of sp³-hybridized carbons (Fsp3) is 0.333. The lowest BCUT2D eigenvalue weighted by atomic mass is 9.94. The second-order valence-corrected chi connectivity index (χ2v) is 8.52. The molecule has 0 aliphatic heterocycles. The van der Waals surface area contributed by atoms with Gasteiger partial charge in [0.1, 0.15) is 6.33 Å². The van der Waals surface area contributed by atoms with Crippen LogP contribution in [0.1, 0.15) is 50.7 Å². The van der Waals surface area contributed by atoms with Crippen molar-refractivity contribution >= 4 is 27.5 Å². The van der Waals surface area contributed by atoms with Crippen LogP contribution in [0.2, 0.25) is 0 Å². The van der Waals surface area contributed by atoms with Crippen molar-refractivity contribution in [2.45, 2.75) is 39.5 Å². The van der Waals surface area contributed by atoms with Crippen LogP contribution in [-0.2, 0) is 10.3 Å². The van der Waals surface area contributed by atoms with Gasteiger partial charge in [0, 0.05) is 0 Å². The quantitative estimate of drug-likeness (QED) is 0.549. The van der Waals surface area contributed by atoms with E-state index in [0.29, 0.717) is 15.7 Å². The second-order valence-electron chi connectivity index (χ2n) is 7.24. The highest BCUT2D eigenvalue weighted by molar-refractivity contribution is 7.85. The number of rotatable bonds is 5. The maximum absolute atomic E-state index is 12.6. The molecule has 0 aliphatic carbocycles. The minimum atomic E-state index is -4.59. The summed E-state index contributed by atoms with van der Waals surface area (Å²) in [5, 5.41) is 0. The van der Waals surface area contributed by atoms with Gasteiger partial charge in [-0.15, -0.1) is 0 Å². The molecule has 3 rings (SSSR count). The molecule has 0 fully saturated rings. The number of hydrogen-bond acceptors (Lipinski definition) is 7. The minimum Gasteiger partial charge on any atom is -0.366 e. The van der Waals surface area contributed by atoms with E-state index >= 15 is 0 Å². The van der Waals surface area contributed by atoms with Crippen molar-refractivity contribution in [3.63, 3.8) is 0 Å². The fourth-order valence-corrected chi connectivity index (χ4v) is 3.72. The number of H-pyrrole nitrogens is 2. The zero-order valence-electron chi connectivity index (χ0n) is 16.7. The number of nitrogens with one attached hydrogen (secondary N) is 3. The zero-order chi connectivity index (χ0) is 22.2. The number of aromatic amines is 2. The van der Waals surface area contributed by atoms with Gasteiger partial charge in [-0.2, -0.15) is 8.42 Å². The van der Waals surface area contributed by atoms with Crippen molar-refractivity contribution < 1.29 is 17.4 Å². The first kappa shape index (κ1) is 21.3. The van der Waals surface area contributed by atoms with Crippen molar-refractivity contribution in [1.82, 2.24) is 24.2 Å². The van der Waals surface area contributed by atoms with Gasteiger partial charge in [0.25, 0.3) is 5.56 Å². The highest BCUT2D eigenvalue weighted by Crippen LogP contribution is 2.35. The lowest BCUT2D eigenvalue weighted by Crippen LogP contribution is -2.37. The molecular weight excluding hydrogens is 414 g/mol. The normalized spacial score (nSPS) is 11.9. The largest absolute Gasteiger partial charge is 0.411 e. The monoisotopic (exact) mass is 435 g/mol. The van der Waals surface area contributed by atoms with Crippen LogP contribution in [0.5, 0.6) is 5.75 Å². The van der Waals surface area contributed by atoms with Crippen LogP contribution in [0, 0.1) is 0 Å². The number of amides is 1. The molecule has 2 aromatic heterocycles. The molecule has 0 atom stereocenters. The molecule has 3 N–H and O–H groups in total. The van der Waals surface area contributed by atoms with E-state index in [1.54, 1.807) is 16.9 Å². The summed E-state index contributed by atoms with van der Waals surface area (Å²) in [4.78, 5) is 43.6. The molecular formula is C18H21N5O6S. The molecule has 2 heterocycles. The number of aromatic nitrogens is 4. The SMILES string of the molecule is CC(C)c1cccc(C(C)C)c1OS(=O)(=O)NC(=O)n1cnc2c(=O)[nH]c(=O)[nH]c21. The van der Waals surface area contributed by atoms with E-state index in [-0.39, 0.29) is 28.7 Å². The molecule has 1 aromatic carbocycles. The van der Waals surface area contributed by atoms with Crippen molar-refractivity contribution in [1.29, 1.82) is 0 Å². The smallest absolute Gasteiger partial charge is 0.366 e. The number of imidazole rings is 1. The Labute approximate surface area is 171 Å². The van der Waals surface area contributed by atoms with Crippen molar-refractivity contribution in [2.24, 2.45) is 0 Å². The molecule has 0 spiro atoms. The van der Waals surface area contributed by atoms with E-state index in [1.165, 1.54) is 0 Å². The van der Waals surface area contributed by atoms with Gasteiger partial charge in [0.05, 0.1) is 0 Å². The van der Waals surface area contributed by atoms with Crippen LogP contribution < -0.4 is 20.2 Å². The molecule has 3 aromatic rings. The minimum absolute atomic E-state index is 0.0287. The molecule has 0 saturated heterocycles. The Kier molecular flexibility index (Phi) is 5.53. The molecule has 0 bridgehead atoms. The summed E-state index contributed by atoms with van der Waals surface area (Å²) in [6.45, 7) is 7.57. The van der Waals surface area contributed by atoms with Crippen LogP contribution in [-0.4, -0.2) is 34.0 Å². The topological polar surface area (TPSA) is 156 Å². The number of carbonyl (C=O) groups excluding carboxylic acids is 1.